The smallest absolute Gasteiger partial charge is 0 e. The van der Waals surface area contributed by atoms with Crippen LogP contribution in [0.3, 0.4) is 0 Å². The first-order chi connectivity index (χ1) is 7.24. The maximum absolute atomic E-state index is 3.45. The van der Waals surface area contributed by atoms with Gasteiger partial charge in [-0.05, 0) is 18.9 Å². The minimum atomic E-state index is 0. The molecule has 0 amide bonds. The van der Waals surface area contributed by atoms with Gasteiger partial charge < -0.3 is 0 Å². The van der Waals surface area contributed by atoms with Gasteiger partial charge in [0.25, 0.3) is 0 Å². The van der Waals surface area contributed by atoms with E-state index in [4.69, 9.17) is 0 Å². The molecular formula is C15H13Ti-. The molecule has 16 heavy (non-hydrogen) atoms. The predicted octanol–water partition coefficient (Wildman–Crippen LogP) is 3.67. The quantitative estimate of drug-likeness (QED) is 0.416. The third-order valence-electron chi connectivity index (χ3n) is 3.09. The Morgan fingerprint density at radius 1 is 1.00 bits per heavy atom. The molecular weight excluding hydrogens is 228 g/mol. The summed E-state index contributed by atoms with van der Waals surface area (Å²) >= 11 is 0. The molecule has 0 spiro atoms. The monoisotopic (exact) mass is 241 g/mol. The third-order valence-corrected chi connectivity index (χ3v) is 3.09. The number of hydrogen-bond donors (Lipinski definition) is 0. The van der Waals surface area contributed by atoms with E-state index in [9.17, 15) is 0 Å². The van der Waals surface area contributed by atoms with E-state index in [2.05, 4.69) is 50.2 Å². The zero-order valence-corrected chi connectivity index (χ0v) is 11.2. The van der Waals surface area contributed by atoms with Crippen molar-refractivity contribution >= 4 is 0 Å². The molecule has 0 N–H and O–H groups in total. The molecule has 0 atom stereocenters. The second-order valence-electron chi connectivity index (χ2n) is 4.37. The Bertz CT molecular complexity index is 492. The van der Waals surface area contributed by atoms with Crippen molar-refractivity contribution in [3.63, 3.8) is 0 Å². The Labute approximate surface area is 112 Å². The van der Waals surface area contributed by atoms with Crippen molar-refractivity contribution in [2.24, 2.45) is 0 Å². The first-order valence-corrected chi connectivity index (χ1v) is 5.36. The van der Waals surface area contributed by atoms with E-state index in [1.54, 1.807) is 0 Å². The molecule has 2 aromatic carbocycles. The number of fused-ring (bicyclic) bond motifs is 3. The number of benzene rings is 2. The van der Waals surface area contributed by atoms with Gasteiger partial charge in [-0.2, -0.15) is 23.8 Å². The molecule has 0 radical (unpaired) electrons. The van der Waals surface area contributed by atoms with Crippen molar-refractivity contribution < 1.29 is 21.7 Å². The SMILES string of the molecule is Cc1[c-]c2c(cc1)-c1ccc(C)cc1C2.[Ti]. The van der Waals surface area contributed by atoms with Gasteiger partial charge in [-0.3, -0.25) is 0 Å². The Morgan fingerprint density at radius 3 is 2.56 bits per heavy atom. The van der Waals surface area contributed by atoms with Crippen molar-refractivity contribution in [2.45, 2.75) is 20.3 Å². The van der Waals surface area contributed by atoms with Crippen LogP contribution in [-0.4, -0.2) is 0 Å². The van der Waals surface area contributed by atoms with Crippen LogP contribution in [0, 0.1) is 19.9 Å². The van der Waals surface area contributed by atoms with Crippen LogP contribution >= 0.6 is 0 Å². The third kappa shape index (κ3) is 1.77. The number of aryl methyl sites for hydroxylation is 2. The summed E-state index contributed by atoms with van der Waals surface area (Å²) in [4.78, 5) is 0. The molecule has 0 unspecified atom stereocenters. The second kappa shape index (κ2) is 4.20. The van der Waals surface area contributed by atoms with Crippen LogP contribution in [0.2, 0.25) is 0 Å². The summed E-state index contributed by atoms with van der Waals surface area (Å²) in [6, 6.07) is 14.5. The van der Waals surface area contributed by atoms with E-state index in [1.807, 2.05) is 0 Å². The molecule has 1 aliphatic carbocycles. The fraction of sp³-hybridized carbons (Fsp3) is 0.200. The molecule has 0 fully saturated rings. The van der Waals surface area contributed by atoms with Gasteiger partial charge in [-0.25, -0.2) is 0 Å². The van der Waals surface area contributed by atoms with Crippen LogP contribution in [0.1, 0.15) is 22.3 Å². The molecule has 0 nitrogen and oxygen atoms in total. The van der Waals surface area contributed by atoms with E-state index in [-0.39, 0.29) is 21.7 Å². The summed E-state index contributed by atoms with van der Waals surface area (Å²) in [5.41, 5.74) is 8.15. The average molecular weight is 241 g/mol. The zero-order valence-electron chi connectivity index (χ0n) is 9.59. The predicted molar refractivity (Wildman–Crippen MR) is 63.0 cm³/mol. The zero-order chi connectivity index (χ0) is 10.4. The van der Waals surface area contributed by atoms with Crippen molar-refractivity contribution in [1.29, 1.82) is 0 Å². The normalized spacial score (nSPS) is 11.6. The van der Waals surface area contributed by atoms with Crippen LogP contribution in [-0.2, 0) is 28.1 Å². The summed E-state index contributed by atoms with van der Waals surface area (Å²) in [6.45, 7) is 4.26. The minimum absolute atomic E-state index is 0. The van der Waals surface area contributed by atoms with Crippen molar-refractivity contribution in [3.05, 3.63) is 58.7 Å². The van der Waals surface area contributed by atoms with Crippen LogP contribution in [0.4, 0.5) is 0 Å². The summed E-state index contributed by atoms with van der Waals surface area (Å²) in [5, 5.41) is 0. The summed E-state index contributed by atoms with van der Waals surface area (Å²) in [6.07, 6.45) is 1.05. The molecule has 2 aromatic rings. The molecule has 0 saturated carbocycles. The Balaban J connectivity index is 0.000000963. The first-order valence-electron chi connectivity index (χ1n) is 5.36. The summed E-state index contributed by atoms with van der Waals surface area (Å²) < 4.78 is 0. The van der Waals surface area contributed by atoms with Crippen LogP contribution in [0.25, 0.3) is 11.1 Å². The van der Waals surface area contributed by atoms with Crippen LogP contribution in [0.15, 0.2) is 30.3 Å². The Kier molecular flexibility index (Phi) is 3.05. The van der Waals surface area contributed by atoms with Crippen molar-refractivity contribution in [1.82, 2.24) is 0 Å². The van der Waals surface area contributed by atoms with Gasteiger partial charge in [-0.15, -0.1) is 11.1 Å². The fourth-order valence-electron chi connectivity index (χ4n) is 2.37. The van der Waals surface area contributed by atoms with Crippen molar-refractivity contribution in [3.8, 4) is 11.1 Å². The molecule has 3 rings (SSSR count). The minimum Gasteiger partial charge on any atom is -0.176 e. The van der Waals surface area contributed by atoms with Gasteiger partial charge in [0, 0.05) is 21.7 Å². The molecule has 0 heterocycles. The van der Waals surface area contributed by atoms with Gasteiger partial charge in [0.15, 0.2) is 0 Å². The van der Waals surface area contributed by atoms with E-state index in [0.29, 0.717) is 0 Å². The fourth-order valence-corrected chi connectivity index (χ4v) is 2.37. The first kappa shape index (κ1) is 11.6. The van der Waals surface area contributed by atoms with Gasteiger partial charge in [-0.1, -0.05) is 36.2 Å². The molecule has 0 saturated heterocycles. The molecule has 1 aliphatic rings. The summed E-state index contributed by atoms with van der Waals surface area (Å²) in [7, 11) is 0. The molecule has 1 heteroatoms. The molecule has 0 bridgehead atoms. The second-order valence-corrected chi connectivity index (χ2v) is 4.37. The van der Waals surface area contributed by atoms with Gasteiger partial charge in [0.05, 0.1) is 0 Å². The van der Waals surface area contributed by atoms with Crippen molar-refractivity contribution in [2.75, 3.05) is 0 Å². The largest absolute Gasteiger partial charge is 0.176 e. The topological polar surface area (TPSA) is 0 Å². The van der Waals surface area contributed by atoms with E-state index < -0.39 is 0 Å². The van der Waals surface area contributed by atoms with Gasteiger partial charge >= 0.3 is 0 Å². The molecule has 78 valence electrons. The maximum Gasteiger partial charge on any atom is 0 e. The molecule has 0 aromatic heterocycles. The van der Waals surface area contributed by atoms with Crippen LogP contribution < -0.4 is 0 Å². The molecule has 0 aliphatic heterocycles. The number of rotatable bonds is 0. The van der Waals surface area contributed by atoms with Gasteiger partial charge in [0.1, 0.15) is 0 Å². The summed E-state index contributed by atoms with van der Waals surface area (Å²) in [5.74, 6) is 0. The standard InChI is InChI=1S/C15H13.Ti/c1-10-3-5-14-12(7-10)9-13-8-11(2)4-6-15(13)14;/h3-7H,9H2,1-2H3;/q-1;. The number of hydrogen-bond acceptors (Lipinski definition) is 0. The Hall–Kier alpha value is -0.846. The maximum atomic E-state index is 3.45. The Morgan fingerprint density at radius 2 is 1.75 bits per heavy atom. The van der Waals surface area contributed by atoms with Crippen LogP contribution in [0.5, 0.6) is 0 Å². The van der Waals surface area contributed by atoms with E-state index >= 15 is 0 Å². The van der Waals surface area contributed by atoms with E-state index in [1.165, 1.54) is 33.4 Å². The van der Waals surface area contributed by atoms with Gasteiger partial charge in [0.2, 0.25) is 0 Å². The average Bonchev–Trinajstić information content (AvgIpc) is 2.53. The van der Waals surface area contributed by atoms with E-state index in [0.717, 1.165) is 6.42 Å².